The van der Waals surface area contributed by atoms with Gasteiger partial charge in [0.15, 0.2) is 0 Å². The standard InChI is InChI=1S/C22H27ClN2O3/c1-4-7-21(26)24-16-10-11-18(23)19(14-16)25-22(27)17-8-5-6-9-20(17)28-13-12-15(2)3/h5-6,8-11,14-15H,4,7,12-13H2,1-3H3,(H,24,26)(H,25,27). The molecule has 150 valence electrons. The average molecular weight is 403 g/mol. The molecule has 0 fully saturated rings. The van der Waals surface area contributed by atoms with Gasteiger partial charge in [0.05, 0.1) is 22.9 Å². The molecule has 0 radical (unpaired) electrons. The minimum Gasteiger partial charge on any atom is -0.493 e. The van der Waals surface area contributed by atoms with Gasteiger partial charge in [0, 0.05) is 12.1 Å². The van der Waals surface area contributed by atoms with Crippen LogP contribution in [0.3, 0.4) is 0 Å². The van der Waals surface area contributed by atoms with Crippen molar-refractivity contribution in [2.75, 3.05) is 17.2 Å². The van der Waals surface area contributed by atoms with Crippen LogP contribution in [0.25, 0.3) is 0 Å². The van der Waals surface area contributed by atoms with Gasteiger partial charge in [0.1, 0.15) is 5.75 Å². The van der Waals surface area contributed by atoms with Crippen molar-refractivity contribution in [3.8, 4) is 5.75 Å². The molecule has 2 amide bonds. The number of rotatable bonds is 9. The van der Waals surface area contributed by atoms with Crippen molar-refractivity contribution in [2.45, 2.75) is 40.0 Å². The lowest BCUT2D eigenvalue weighted by atomic mass is 10.1. The van der Waals surface area contributed by atoms with Crippen LogP contribution in [-0.2, 0) is 4.79 Å². The molecule has 6 heteroatoms. The Kier molecular flexibility index (Phi) is 8.33. The number of nitrogens with one attached hydrogen (secondary N) is 2. The Bertz CT molecular complexity index is 821. The molecule has 0 heterocycles. The smallest absolute Gasteiger partial charge is 0.259 e. The number of amides is 2. The third-order valence-electron chi connectivity index (χ3n) is 4.06. The van der Waals surface area contributed by atoms with Gasteiger partial charge in [-0.05, 0) is 49.1 Å². The molecule has 0 saturated heterocycles. The summed E-state index contributed by atoms with van der Waals surface area (Å²) in [6, 6.07) is 12.1. The molecule has 0 unspecified atom stereocenters. The van der Waals surface area contributed by atoms with Gasteiger partial charge in [-0.3, -0.25) is 9.59 Å². The number of hydrogen-bond acceptors (Lipinski definition) is 3. The number of carbonyl (C=O) groups is 2. The van der Waals surface area contributed by atoms with E-state index >= 15 is 0 Å². The molecular formula is C22H27ClN2O3. The third kappa shape index (κ3) is 6.57. The third-order valence-corrected chi connectivity index (χ3v) is 4.39. The maximum absolute atomic E-state index is 12.8. The van der Waals surface area contributed by atoms with E-state index in [0.717, 1.165) is 12.8 Å². The molecule has 0 atom stereocenters. The zero-order valence-electron chi connectivity index (χ0n) is 16.5. The fourth-order valence-electron chi connectivity index (χ4n) is 2.52. The number of ether oxygens (including phenoxy) is 1. The van der Waals surface area contributed by atoms with Gasteiger partial charge in [-0.1, -0.05) is 44.5 Å². The minimum atomic E-state index is -0.320. The number of carbonyl (C=O) groups excluding carboxylic acids is 2. The Labute approximate surface area is 171 Å². The van der Waals surface area contributed by atoms with Crippen molar-refractivity contribution in [3.05, 3.63) is 53.1 Å². The van der Waals surface area contributed by atoms with E-state index in [2.05, 4.69) is 24.5 Å². The summed E-state index contributed by atoms with van der Waals surface area (Å²) in [5, 5.41) is 6.00. The Morgan fingerprint density at radius 1 is 1.11 bits per heavy atom. The average Bonchev–Trinajstić information content (AvgIpc) is 2.64. The first-order valence-corrected chi connectivity index (χ1v) is 9.91. The highest BCUT2D eigenvalue weighted by Crippen LogP contribution is 2.27. The Balaban J connectivity index is 2.13. The van der Waals surface area contributed by atoms with Crippen molar-refractivity contribution in [1.29, 1.82) is 0 Å². The lowest BCUT2D eigenvalue weighted by Gasteiger charge is -2.14. The Morgan fingerprint density at radius 3 is 2.57 bits per heavy atom. The van der Waals surface area contributed by atoms with E-state index in [9.17, 15) is 9.59 Å². The van der Waals surface area contributed by atoms with Crippen molar-refractivity contribution in [2.24, 2.45) is 5.92 Å². The van der Waals surface area contributed by atoms with Crippen molar-refractivity contribution in [3.63, 3.8) is 0 Å². The molecule has 2 N–H and O–H groups in total. The maximum Gasteiger partial charge on any atom is 0.259 e. The highest BCUT2D eigenvalue weighted by atomic mass is 35.5. The summed E-state index contributed by atoms with van der Waals surface area (Å²) in [4.78, 5) is 24.6. The molecule has 28 heavy (non-hydrogen) atoms. The van der Waals surface area contributed by atoms with Crippen LogP contribution in [0.2, 0.25) is 5.02 Å². The van der Waals surface area contributed by atoms with E-state index in [1.807, 2.05) is 13.0 Å². The van der Waals surface area contributed by atoms with Crippen molar-refractivity contribution < 1.29 is 14.3 Å². The molecule has 0 saturated carbocycles. The zero-order chi connectivity index (χ0) is 20.5. The second kappa shape index (κ2) is 10.7. The van der Waals surface area contributed by atoms with Gasteiger partial charge in [-0.25, -0.2) is 0 Å². The quantitative estimate of drug-likeness (QED) is 0.560. The lowest BCUT2D eigenvalue weighted by molar-refractivity contribution is -0.116. The molecule has 0 aliphatic rings. The number of benzene rings is 2. The van der Waals surface area contributed by atoms with Crippen LogP contribution in [-0.4, -0.2) is 18.4 Å². The highest BCUT2D eigenvalue weighted by Gasteiger charge is 2.15. The first-order valence-electron chi connectivity index (χ1n) is 9.53. The van der Waals surface area contributed by atoms with Gasteiger partial charge in [-0.15, -0.1) is 0 Å². The molecule has 0 aliphatic carbocycles. The largest absolute Gasteiger partial charge is 0.493 e. The summed E-state index contributed by atoms with van der Waals surface area (Å²) >= 11 is 6.23. The number of hydrogen-bond donors (Lipinski definition) is 2. The second-order valence-electron chi connectivity index (χ2n) is 6.97. The lowest BCUT2D eigenvalue weighted by Crippen LogP contribution is -2.15. The van der Waals surface area contributed by atoms with E-state index in [4.69, 9.17) is 16.3 Å². The summed E-state index contributed by atoms with van der Waals surface area (Å²) < 4.78 is 5.79. The maximum atomic E-state index is 12.8. The van der Waals surface area contributed by atoms with Gasteiger partial charge < -0.3 is 15.4 Å². The fraction of sp³-hybridized carbons (Fsp3) is 0.364. The molecule has 2 rings (SSSR count). The van der Waals surface area contributed by atoms with Gasteiger partial charge >= 0.3 is 0 Å². The van der Waals surface area contributed by atoms with E-state index in [0.29, 0.717) is 46.7 Å². The monoisotopic (exact) mass is 402 g/mol. The molecule has 2 aromatic rings. The van der Waals surface area contributed by atoms with Gasteiger partial charge in [-0.2, -0.15) is 0 Å². The predicted molar refractivity (Wildman–Crippen MR) is 114 cm³/mol. The molecule has 0 aliphatic heterocycles. The van der Waals surface area contributed by atoms with Crippen LogP contribution in [0, 0.1) is 5.92 Å². The molecule has 2 aromatic carbocycles. The van der Waals surface area contributed by atoms with E-state index in [1.165, 1.54) is 0 Å². The van der Waals surface area contributed by atoms with Crippen LogP contribution in [0.15, 0.2) is 42.5 Å². The molecule has 5 nitrogen and oxygen atoms in total. The fourth-order valence-corrected chi connectivity index (χ4v) is 2.69. The summed E-state index contributed by atoms with van der Waals surface area (Å²) in [6.07, 6.45) is 2.10. The van der Waals surface area contributed by atoms with Crippen molar-refractivity contribution in [1.82, 2.24) is 0 Å². The van der Waals surface area contributed by atoms with Crippen molar-refractivity contribution >= 4 is 34.8 Å². The molecular weight excluding hydrogens is 376 g/mol. The molecule has 0 aromatic heterocycles. The second-order valence-corrected chi connectivity index (χ2v) is 7.38. The van der Waals surface area contributed by atoms with Crippen LogP contribution >= 0.6 is 11.6 Å². The summed E-state index contributed by atoms with van der Waals surface area (Å²) in [5.41, 5.74) is 1.44. The zero-order valence-corrected chi connectivity index (χ0v) is 17.3. The van der Waals surface area contributed by atoms with E-state index in [1.54, 1.807) is 36.4 Å². The van der Waals surface area contributed by atoms with Crippen LogP contribution < -0.4 is 15.4 Å². The Hall–Kier alpha value is -2.53. The van der Waals surface area contributed by atoms with E-state index in [-0.39, 0.29) is 11.8 Å². The van der Waals surface area contributed by atoms with Crippen LogP contribution in [0.4, 0.5) is 11.4 Å². The normalized spacial score (nSPS) is 10.6. The summed E-state index contributed by atoms with van der Waals surface area (Å²) in [6.45, 7) is 6.72. The molecule has 0 spiro atoms. The predicted octanol–water partition coefficient (Wildman–Crippen LogP) is 5.76. The van der Waals surface area contributed by atoms with Gasteiger partial charge in [0.25, 0.3) is 5.91 Å². The first-order chi connectivity index (χ1) is 13.4. The summed E-state index contributed by atoms with van der Waals surface area (Å²) in [5.74, 6) is 0.653. The topological polar surface area (TPSA) is 67.4 Å². The number of para-hydroxylation sites is 1. The first kappa shape index (κ1) is 21.8. The van der Waals surface area contributed by atoms with E-state index < -0.39 is 0 Å². The number of halogens is 1. The highest BCUT2D eigenvalue weighted by molar-refractivity contribution is 6.34. The SMILES string of the molecule is CCCC(=O)Nc1ccc(Cl)c(NC(=O)c2ccccc2OCCC(C)C)c1. The van der Waals surface area contributed by atoms with Crippen LogP contribution in [0.1, 0.15) is 50.4 Å². The number of anilines is 2. The minimum absolute atomic E-state index is 0.0778. The molecule has 0 bridgehead atoms. The summed E-state index contributed by atoms with van der Waals surface area (Å²) in [7, 11) is 0. The van der Waals surface area contributed by atoms with Gasteiger partial charge in [0.2, 0.25) is 5.91 Å². The van der Waals surface area contributed by atoms with Crippen LogP contribution in [0.5, 0.6) is 5.75 Å². The Morgan fingerprint density at radius 2 is 1.86 bits per heavy atom.